The second-order valence-electron chi connectivity index (χ2n) is 5.36. The van der Waals surface area contributed by atoms with Gasteiger partial charge in [0.2, 0.25) is 5.78 Å². The molecule has 5 nitrogen and oxygen atoms in total. The molecule has 0 aliphatic heterocycles. The van der Waals surface area contributed by atoms with E-state index in [0.717, 1.165) is 0 Å². The van der Waals surface area contributed by atoms with Crippen molar-refractivity contribution in [2.24, 2.45) is 0 Å². The zero-order valence-corrected chi connectivity index (χ0v) is 14.3. The minimum Gasteiger partial charge on any atom is -0.494 e. The van der Waals surface area contributed by atoms with Gasteiger partial charge in [-0.25, -0.2) is 9.37 Å². The molecule has 0 atom stereocenters. The van der Waals surface area contributed by atoms with Crippen LogP contribution in [-0.2, 0) is 0 Å². The number of rotatable bonds is 5. The Kier molecular flexibility index (Phi) is 4.35. The van der Waals surface area contributed by atoms with Gasteiger partial charge in [-0.3, -0.25) is 9.20 Å². The van der Waals surface area contributed by atoms with Gasteiger partial charge < -0.3 is 9.64 Å². The largest absolute Gasteiger partial charge is 0.494 e. The van der Waals surface area contributed by atoms with Crippen molar-refractivity contribution in [3.8, 4) is 17.0 Å². The van der Waals surface area contributed by atoms with Gasteiger partial charge in [0.25, 0.3) is 0 Å². The second-order valence-corrected chi connectivity index (χ2v) is 6.23. The highest BCUT2D eigenvalue weighted by molar-refractivity contribution is 7.15. The predicted molar refractivity (Wildman–Crippen MR) is 92.2 cm³/mol. The maximum atomic E-state index is 13.7. The number of thiazole rings is 1. The molecule has 0 spiro atoms. The molecule has 24 heavy (non-hydrogen) atoms. The summed E-state index contributed by atoms with van der Waals surface area (Å²) in [6.45, 7) is 0. The van der Waals surface area contributed by atoms with Gasteiger partial charge in [-0.1, -0.05) is 0 Å². The summed E-state index contributed by atoms with van der Waals surface area (Å²) in [6.07, 6.45) is 4.97. The van der Waals surface area contributed by atoms with E-state index < -0.39 is 5.82 Å². The van der Waals surface area contributed by atoms with Crippen molar-refractivity contribution in [3.63, 3.8) is 0 Å². The molecule has 2 aromatic heterocycles. The molecule has 0 saturated heterocycles. The first-order chi connectivity index (χ1) is 11.5. The molecule has 0 aliphatic carbocycles. The first-order valence-corrected chi connectivity index (χ1v) is 8.07. The van der Waals surface area contributed by atoms with Crippen LogP contribution in [-0.4, -0.2) is 41.3 Å². The van der Waals surface area contributed by atoms with Crippen LogP contribution in [0.15, 0.2) is 42.1 Å². The van der Waals surface area contributed by atoms with Crippen molar-refractivity contribution in [2.75, 3.05) is 21.2 Å². The number of nitrogens with zero attached hydrogens (tertiary/aromatic N) is 3. The fraction of sp³-hybridized carbons (Fsp3) is 0.176. The van der Waals surface area contributed by atoms with Crippen LogP contribution in [0.3, 0.4) is 0 Å². The molecule has 0 saturated carbocycles. The van der Waals surface area contributed by atoms with Gasteiger partial charge in [-0.15, -0.1) is 11.3 Å². The topological polar surface area (TPSA) is 46.8 Å². The Labute approximate surface area is 142 Å². The number of carbonyl (C=O) groups is 1. The van der Waals surface area contributed by atoms with Gasteiger partial charge in [0.05, 0.1) is 7.11 Å². The number of hydrogen-bond donors (Lipinski definition) is 0. The van der Waals surface area contributed by atoms with Crippen molar-refractivity contribution in [3.05, 3.63) is 53.6 Å². The number of carbonyl (C=O) groups excluding carboxylic acids is 1. The summed E-state index contributed by atoms with van der Waals surface area (Å²) < 4.78 is 20.4. The maximum absolute atomic E-state index is 13.7. The number of ketones is 1. The molecule has 124 valence electrons. The average molecular weight is 345 g/mol. The van der Waals surface area contributed by atoms with Crippen LogP contribution >= 0.6 is 11.3 Å². The van der Waals surface area contributed by atoms with Crippen molar-refractivity contribution in [1.29, 1.82) is 0 Å². The monoisotopic (exact) mass is 345 g/mol. The van der Waals surface area contributed by atoms with E-state index in [4.69, 9.17) is 4.74 Å². The van der Waals surface area contributed by atoms with Crippen molar-refractivity contribution in [1.82, 2.24) is 14.3 Å². The summed E-state index contributed by atoms with van der Waals surface area (Å²) in [7, 11) is 5.08. The van der Waals surface area contributed by atoms with Gasteiger partial charge >= 0.3 is 0 Å². The summed E-state index contributed by atoms with van der Waals surface area (Å²) in [6, 6.07) is 4.45. The number of imidazole rings is 1. The molecule has 0 unspecified atom stereocenters. The Balaban J connectivity index is 2.16. The molecule has 0 amide bonds. The number of halogens is 1. The summed E-state index contributed by atoms with van der Waals surface area (Å²) in [5.74, 6) is -0.512. The lowest BCUT2D eigenvalue weighted by molar-refractivity contribution is 0.104. The molecular formula is C17H16FN3O2S. The van der Waals surface area contributed by atoms with Crippen LogP contribution in [0.2, 0.25) is 0 Å². The Morgan fingerprint density at radius 2 is 2.21 bits per heavy atom. The van der Waals surface area contributed by atoms with Crippen LogP contribution in [0.25, 0.3) is 16.2 Å². The SMILES string of the molecule is COc1cc(-c2nc3sccn3c2C(=O)/C=C/N(C)C)ccc1F. The zero-order valence-electron chi connectivity index (χ0n) is 13.5. The quantitative estimate of drug-likeness (QED) is 0.525. The molecule has 0 N–H and O–H groups in total. The van der Waals surface area contributed by atoms with Crippen molar-refractivity contribution >= 4 is 22.1 Å². The third kappa shape index (κ3) is 2.90. The molecule has 2 heterocycles. The minimum absolute atomic E-state index is 0.117. The summed E-state index contributed by atoms with van der Waals surface area (Å²) in [5, 5.41) is 1.86. The standard InChI is InChI=1S/C17H16FN3O2S/c1-20(2)7-6-13(22)16-15(19-17-21(16)8-9-24-17)11-4-5-12(18)14(10-11)23-3/h4-10H,1-3H3/b7-6+. The summed E-state index contributed by atoms with van der Waals surface area (Å²) in [5.41, 5.74) is 1.58. The summed E-state index contributed by atoms with van der Waals surface area (Å²) >= 11 is 1.43. The predicted octanol–water partition coefficient (Wildman–Crippen LogP) is 3.47. The lowest BCUT2D eigenvalue weighted by Gasteiger charge is -2.06. The summed E-state index contributed by atoms with van der Waals surface area (Å²) in [4.78, 5) is 19.7. The fourth-order valence-electron chi connectivity index (χ4n) is 2.33. The van der Waals surface area contributed by atoms with Gasteiger partial charge in [-0.05, 0) is 18.2 Å². The number of aromatic nitrogens is 2. The molecule has 7 heteroatoms. The minimum atomic E-state index is -0.456. The lowest BCUT2D eigenvalue weighted by atomic mass is 10.1. The van der Waals surface area contributed by atoms with Crippen LogP contribution < -0.4 is 4.74 Å². The van der Waals surface area contributed by atoms with E-state index in [2.05, 4.69) is 4.98 Å². The number of benzene rings is 1. The molecular weight excluding hydrogens is 329 g/mol. The third-order valence-electron chi connectivity index (χ3n) is 3.44. The average Bonchev–Trinajstić information content (AvgIpc) is 3.13. The number of fused-ring (bicyclic) bond motifs is 1. The van der Waals surface area contributed by atoms with Gasteiger partial charge in [0.15, 0.2) is 16.5 Å². The van der Waals surface area contributed by atoms with Crippen molar-refractivity contribution in [2.45, 2.75) is 0 Å². The maximum Gasteiger partial charge on any atom is 0.206 e. The first kappa shape index (κ1) is 16.2. The molecule has 1 aromatic carbocycles. The van der Waals surface area contributed by atoms with Gasteiger partial charge in [-0.2, -0.15) is 0 Å². The van der Waals surface area contributed by atoms with Crippen LogP contribution in [0.1, 0.15) is 10.5 Å². The highest BCUT2D eigenvalue weighted by atomic mass is 32.1. The van der Waals surface area contributed by atoms with Gasteiger partial charge in [0.1, 0.15) is 11.4 Å². The number of allylic oxidation sites excluding steroid dienone is 1. The van der Waals surface area contributed by atoms with E-state index in [0.29, 0.717) is 21.9 Å². The van der Waals surface area contributed by atoms with Crippen LogP contribution in [0.4, 0.5) is 4.39 Å². The van der Waals surface area contributed by atoms with Gasteiger partial charge in [0, 0.05) is 43.5 Å². The van der Waals surface area contributed by atoms with Crippen molar-refractivity contribution < 1.29 is 13.9 Å². The van der Waals surface area contributed by atoms with E-state index in [1.165, 1.54) is 30.6 Å². The molecule has 3 rings (SSSR count). The zero-order chi connectivity index (χ0) is 17.3. The second kappa shape index (κ2) is 6.45. The molecule has 0 aliphatic rings. The molecule has 0 bridgehead atoms. The Bertz CT molecular complexity index is 927. The number of methoxy groups -OCH3 is 1. The van der Waals surface area contributed by atoms with E-state index in [9.17, 15) is 9.18 Å². The molecule has 0 fully saturated rings. The first-order valence-electron chi connectivity index (χ1n) is 7.19. The molecule has 0 radical (unpaired) electrons. The molecule has 3 aromatic rings. The van der Waals surface area contributed by atoms with E-state index >= 15 is 0 Å². The lowest BCUT2D eigenvalue weighted by Crippen LogP contribution is -2.05. The number of ether oxygens (including phenoxy) is 1. The fourth-order valence-corrected chi connectivity index (χ4v) is 3.04. The van der Waals surface area contributed by atoms with Crippen LogP contribution in [0.5, 0.6) is 5.75 Å². The van der Waals surface area contributed by atoms with E-state index in [1.54, 1.807) is 33.8 Å². The normalized spacial score (nSPS) is 11.3. The van der Waals surface area contributed by atoms with E-state index in [1.807, 2.05) is 19.5 Å². The highest BCUT2D eigenvalue weighted by Gasteiger charge is 2.20. The number of hydrogen-bond acceptors (Lipinski definition) is 5. The van der Waals surface area contributed by atoms with E-state index in [-0.39, 0.29) is 11.5 Å². The Morgan fingerprint density at radius 3 is 2.92 bits per heavy atom. The Morgan fingerprint density at radius 1 is 1.42 bits per heavy atom. The third-order valence-corrected chi connectivity index (χ3v) is 4.20. The highest BCUT2D eigenvalue weighted by Crippen LogP contribution is 2.30. The Hall–Kier alpha value is -2.67. The van der Waals surface area contributed by atoms with Crippen LogP contribution in [0, 0.1) is 5.82 Å². The smallest absolute Gasteiger partial charge is 0.206 e.